The van der Waals surface area contributed by atoms with Crippen LogP contribution in [0.2, 0.25) is 0 Å². The van der Waals surface area contributed by atoms with E-state index in [1.54, 1.807) is 6.20 Å². The SMILES string of the molecule is O=C(O)c1cnc(N2CC[C@H](N3CCCC3)C2)cn1. The van der Waals surface area contributed by atoms with Gasteiger partial charge in [-0.25, -0.2) is 14.8 Å². The van der Waals surface area contributed by atoms with Gasteiger partial charge in [0, 0.05) is 19.1 Å². The third-order valence-corrected chi connectivity index (χ3v) is 4.00. The lowest BCUT2D eigenvalue weighted by molar-refractivity contribution is 0.0690. The Hall–Kier alpha value is -1.69. The molecule has 0 unspecified atom stereocenters. The van der Waals surface area contributed by atoms with Crippen LogP contribution in [0.15, 0.2) is 12.4 Å². The van der Waals surface area contributed by atoms with Gasteiger partial charge in [0.05, 0.1) is 12.4 Å². The first-order chi connectivity index (χ1) is 9.24. The molecule has 1 aromatic rings. The lowest BCUT2D eigenvalue weighted by atomic mass is 10.2. The fourth-order valence-corrected chi connectivity index (χ4v) is 2.95. The van der Waals surface area contributed by atoms with Gasteiger partial charge in [-0.1, -0.05) is 0 Å². The Balaban J connectivity index is 1.65. The number of carboxylic acids is 1. The largest absolute Gasteiger partial charge is 0.476 e. The molecular formula is C13H18N4O2. The fourth-order valence-electron chi connectivity index (χ4n) is 2.95. The van der Waals surface area contributed by atoms with E-state index in [0.29, 0.717) is 6.04 Å². The number of aromatic carboxylic acids is 1. The summed E-state index contributed by atoms with van der Waals surface area (Å²) < 4.78 is 0. The molecule has 2 fully saturated rings. The van der Waals surface area contributed by atoms with Crippen LogP contribution in [0.4, 0.5) is 5.82 Å². The van der Waals surface area contributed by atoms with Crippen LogP contribution in [0.25, 0.3) is 0 Å². The number of aromatic nitrogens is 2. The van der Waals surface area contributed by atoms with E-state index in [1.165, 1.54) is 32.1 Å². The number of anilines is 1. The molecule has 3 heterocycles. The van der Waals surface area contributed by atoms with Crippen LogP contribution in [-0.4, -0.2) is 58.2 Å². The Morgan fingerprint density at radius 2 is 2.00 bits per heavy atom. The summed E-state index contributed by atoms with van der Waals surface area (Å²) in [6.07, 6.45) is 6.67. The molecule has 2 saturated heterocycles. The standard InChI is InChI=1S/C13H18N4O2/c18-13(19)11-7-15-12(8-14-11)17-6-3-10(9-17)16-4-1-2-5-16/h7-8,10H,1-6,9H2,(H,18,19)/t10-/m0/s1. The second-order valence-electron chi connectivity index (χ2n) is 5.20. The first-order valence-corrected chi connectivity index (χ1v) is 6.78. The topological polar surface area (TPSA) is 69.6 Å². The van der Waals surface area contributed by atoms with E-state index in [-0.39, 0.29) is 5.69 Å². The highest BCUT2D eigenvalue weighted by atomic mass is 16.4. The lowest BCUT2D eigenvalue weighted by Crippen LogP contribution is -2.35. The average molecular weight is 262 g/mol. The van der Waals surface area contributed by atoms with E-state index in [0.717, 1.165) is 25.3 Å². The summed E-state index contributed by atoms with van der Waals surface area (Å²) in [5.74, 6) is -0.248. The van der Waals surface area contributed by atoms with Crippen LogP contribution in [0.5, 0.6) is 0 Å². The van der Waals surface area contributed by atoms with Gasteiger partial charge >= 0.3 is 5.97 Å². The predicted molar refractivity (Wildman–Crippen MR) is 70.4 cm³/mol. The highest BCUT2D eigenvalue weighted by Crippen LogP contribution is 2.23. The van der Waals surface area contributed by atoms with Gasteiger partial charge in [-0.3, -0.25) is 4.90 Å². The Morgan fingerprint density at radius 3 is 2.63 bits per heavy atom. The maximum Gasteiger partial charge on any atom is 0.356 e. The summed E-state index contributed by atoms with van der Waals surface area (Å²) >= 11 is 0. The number of carboxylic acid groups (broad SMARTS) is 1. The molecule has 1 aromatic heterocycles. The average Bonchev–Trinajstić information content (AvgIpc) is 3.10. The maximum absolute atomic E-state index is 10.7. The first kappa shape index (κ1) is 12.3. The minimum atomic E-state index is -1.03. The Bertz CT molecular complexity index is 456. The van der Waals surface area contributed by atoms with Gasteiger partial charge in [0.15, 0.2) is 5.69 Å². The predicted octanol–water partition coefficient (Wildman–Crippen LogP) is 0.849. The molecule has 1 N–H and O–H groups in total. The zero-order chi connectivity index (χ0) is 13.2. The maximum atomic E-state index is 10.7. The van der Waals surface area contributed by atoms with Crippen molar-refractivity contribution in [1.29, 1.82) is 0 Å². The summed E-state index contributed by atoms with van der Waals surface area (Å²) in [7, 11) is 0. The molecule has 0 bridgehead atoms. The number of nitrogens with zero attached hydrogens (tertiary/aromatic N) is 4. The molecule has 2 aliphatic rings. The van der Waals surface area contributed by atoms with E-state index in [1.807, 2.05) is 0 Å². The van der Waals surface area contributed by atoms with Crippen molar-refractivity contribution in [1.82, 2.24) is 14.9 Å². The second kappa shape index (κ2) is 5.13. The van der Waals surface area contributed by atoms with Crippen molar-refractivity contribution >= 4 is 11.8 Å². The summed E-state index contributed by atoms with van der Waals surface area (Å²) in [5.41, 5.74) is -0.000889. The van der Waals surface area contributed by atoms with Gasteiger partial charge in [-0.2, -0.15) is 0 Å². The molecule has 3 rings (SSSR count). The van der Waals surface area contributed by atoms with Crippen molar-refractivity contribution < 1.29 is 9.90 Å². The van der Waals surface area contributed by atoms with Crippen molar-refractivity contribution in [3.05, 3.63) is 18.1 Å². The summed E-state index contributed by atoms with van der Waals surface area (Å²) in [4.78, 5) is 23.6. The van der Waals surface area contributed by atoms with E-state index in [9.17, 15) is 4.79 Å². The summed E-state index contributed by atoms with van der Waals surface area (Å²) in [6.45, 7) is 4.37. The first-order valence-electron chi connectivity index (χ1n) is 6.78. The highest BCUT2D eigenvalue weighted by molar-refractivity contribution is 5.84. The van der Waals surface area contributed by atoms with Crippen LogP contribution < -0.4 is 4.90 Å². The van der Waals surface area contributed by atoms with Crippen molar-refractivity contribution in [2.24, 2.45) is 0 Å². The van der Waals surface area contributed by atoms with Gasteiger partial charge < -0.3 is 10.0 Å². The van der Waals surface area contributed by atoms with Crippen LogP contribution in [0, 0.1) is 0 Å². The molecule has 0 spiro atoms. The summed E-state index contributed by atoms with van der Waals surface area (Å²) in [5, 5.41) is 8.80. The molecule has 0 aromatic carbocycles. The number of carbonyl (C=O) groups is 1. The van der Waals surface area contributed by atoms with Crippen LogP contribution in [-0.2, 0) is 0 Å². The van der Waals surface area contributed by atoms with E-state index >= 15 is 0 Å². The van der Waals surface area contributed by atoms with Gasteiger partial charge in [-0.05, 0) is 32.4 Å². The van der Waals surface area contributed by atoms with Crippen molar-refractivity contribution in [3.63, 3.8) is 0 Å². The second-order valence-corrected chi connectivity index (χ2v) is 5.20. The molecule has 19 heavy (non-hydrogen) atoms. The van der Waals surface area contributed by atoms with Gasteiger partial charge in [0.2, 0.25) is 0 Å². The number of rotatable bonds is 3. The van der Waals surface area contributed by atoms with Crippen LogP contribution >= 0.6 is 0 Å². The number of likely N-dealkylation sites (tertiary alicyclic amines) is 1. The fraction of sp³-hybridized carbons (Fsp3) is 0.615. The summed E-state index contributed by atoms with van der Waals surface area (Å²) in [6, 6.07) is 0.614. The van der Waals surface area contributed by atoms with Crippen molar-refractivity contribution in [2.45, 2.75) is 25.3 Å². The number of hydrogen-bond acceptors (Lipinski definition) is 5. The molecule has 0 saturated carbocycles. The molecular weight excluding hydrogens is 244 g/mol. The minimum absolute atomic E-state index is 0.000889. The molecule has 6 nitrogen and oxygen atoms in total. The zero-order valence-corrected chi connectivity index (χ0v) is 10.8. The molecule has 1 atom stereocenters. The quantitative estimate of drug-likeness (QED) is 0.871. The normalized spacial score (nSPS) is 24.0. The van der Waals surface area contributed by atoms with Gasteiger partial charge in [-0.15, -0.1) is 0 Å². The zero-order valence-electron chi connectivity index (χ0n) is 10.8. The molecule has 6 heteroatoms. The lowest BCUT2D eigenvalue weighted by Gasteiger charge is -2.23. The minimum Gasteiger partial charge on any atom is -0.476 e. The Morgan fingerprint density at radius 1 is 1.21 bits per heavy atom. The van der Waals surface area contributed by atoms with Gasteiger partial charge in [0.1, 0.15) is 5.82 Å². The van der Waals surface area contributed by atoms with Crippen LogP contribution in [0.3, 0.4) is 0 Å². The van der Waals surface area contributed by atoms with E-state index < -0.39 is 5.97 Å². The Kier molecular flexibility index (Phi) is 3.33. The number of hydrogen-bond donors (Lipinski definition) is 1. The highest BCUT2D eigenvalue weighted by Gasteiger charge is 2.29. The van der Waals surface area contributed by atoms with Crippen molar-refractivity contribution in [3.8, 4) is 0 Å². The van der Waals surface area contributed by atoms with Crippen molar-refractivity contribution in [2.75, 3.05) is 31.1 Å². The Labute approximate surface area is 112 Å². The third-order valence-electron chi connectivity index (χ3n) is 4.00. The van der Waals surface area contributed by atoms with E-state index in [2.05, 4.69) is 19.8 Å². The molecule has 102 valence electrons. The molecule has 0 radical (unpaired) electrons. The smallest absolute Gasteiger partial charge is 0.356 e. The molecule has 2 aliphatic heterocycles. The van der Waals surface area contributed by atoms with E-state index in [4.69, 9.17) is 5.11 Å². The third kappa shape index (κ3) is 2.53. The van der Waals surface area contributed by atoms with Gasteiger partial charge in [0.25, 0.3) is 0 Å². The monoisotopic (exact) mass is 262 g/mol. The van der Waals surface area contributed by atoms with Crippen LogP contribution in [0.1, 0.15) is 29.8 Å². The molecule has 0 amide bonds. The molecule has 0 aliphatic carbocycles.